The van der Waals surface area contributed by atoms with Gasteiger partial charge in [-0.15, -0.1) is 0 Å². The first kappa shape index (κ1) is 35.2. The summed E-state index contributed by atoms with van der Waals surface area (Å²) < 4.78 is 6.48. The van der Waals surface area contributed by atoms with Gasteiger partial charge in [0.05, 0.1) is 5.69 Å². The summed E-state index contributed by atoms with van der Waals surface area (Å²) in [6.45, 7) is 0. The molecular weight excluding hydrogens is 727 g/mol. The van der Waals surface area contributed by atoms with Gasteiger partial charge in [0.15, 0.2) is 0 Å². The van der Waals surface area contributed by atoms with Crippen molar-refractivity contribution in [2.24, 2.45) is 0 Å². The molecule has 0 bridgehead atoms. The Labute approximate surface area is 349 Å². The van der Waals surface area contributed by atoms with E-state index in [0.29, 0.717) is 0 Å². The van der Waals surface area contributed by atoms with E-state index >= 15 is 0 Å². The van der Waals surface area contributed by atoms with E-state index in [1.54, 1.807) is 0 Å². The lowest BCUT2D eigenvalue weighted by atomic mass is 9.92. The molecule has 10 aromatic carbocycles. The monoisotopic (exact) mass is 765 g/mol. The summed E-state index contributed by atoms with van der Waals surface area (Å²) in [5.41, 5.74) is 16.9. The van der Waals surface area contributed by atoms with Crippen LogP contribution in [0.5, 0.6) is 0 Å². The standard InChI is InChI=1S/C58H39NO/c1-4-14-40(15-5-1)41-24-26-42(27-25-41)43-28-33-48(34-29-43)59(55-22-12-10-20-50(55)45-16-6-2-7-17-45)49-35-30-44(31-36-49)47-32-37-51-53(46-18-8-3-9-19-46)39-57-58(54(51)38-47)52-21-11-13-23-56(52)60-57/h1-39H. The summed E-state index contributed by atoms with van der Waals surface area (Å²) >= 11 is 0. The third kappa shape index (κ3) is 6.41. The first-order chi connectivity index (χ1) is 29.7. The highest BCUT2D eigenvalue weighted by atomic mass is 16.3. The van der Waals surface area contributed by atoms with Crippen molar-refractivity contribution >= 4 is 49.8 Å². The van der Waals surface area contributed by atoms with E-state index in [-0.39, 0.29) is 0 Å². The van der Waals surface area contributed by atoms with Crippen LogP contribution in [-0.2, 0) is 0 Å². The Hall–Kier alpha value is -7.94. The van der Waals surface area contributed by atoms with Crippen molar-refractivity contribution in [3.63, 3.8) is 0 Å². The Morgan fingerprint density at radius 1 is 0.267 bits per heavy atom. The second-order valence-electron chi connectivity index (χ2n) is 15.3. The highest BCUT2D eigenvalue weighted by Gasteiger charge is 2.19. The number of benzene rings is 10. The Balaban J connectivity index is 1.00. The lowest BCUT2D eigenvalue weighted by molar-refractivity contribution is 0.669. The Bertz CT molecular complexity index is 3260. The van der Waals surface area contributed by atoms with Gasteiger partial charge in [-0.2, -0.15) is 0 Å². The average Bonchev–Trinajstić information content (AvgIpc) is 3.72. The molecule has 2 nitrogen and oxygen atoms in total. The second kappa shape index (κ2) is 15.1. The molecule has 11 aromatic rings. The molecule has 0 aliphatic carbocycles. The Morgan fingerprint density at radius 2 is 0.717 bits per heavy atom. The molecule has 0 amide bonds. The molecule has 0 saturated carbocycles. The number of furan rings is 1. The number of hydrogen-bond acceptors (Lipinski definition) is 2. The molecule has 0 saturated heterocycles. The molecule has 0 aliphatic rings. The van der Waals surface area contributed by atoms with Gasteiger partial charge in [0, 0.05) is 27.7 Å². The van der Waals surface area contributed by atoms with Gasteiger partial charge >= 0.3 is 0 Å². The molecule has 282 valence electrons. The van der Waals surface area contributed by atoms with Gasteiger partial charge in [-0.3, -0.25) is 0 Å². The van der Waals surface area contributed by atoms with E-state index < -0.39 is 0 Å². The maximum Gasteiger partial charge on any atom is 0.136 e. The third-order valence-electron chi connectivity index (χ3n) is 11.7. The number of fused-ring (bicyclic) bond motifs is 5. The first-order valence-electron chi connectivity index (χ1n) is 20.5. The van der Waals surface area contributed by atoms with Crippen LogP contribution >= 0.6 is 0 Å². The van der Waals surface area contributed by atoms with Crippen LogP contribution in [0, 0.1) is 0 Å². The van der Waals surface area contributed by atoms with Crippen LogP contribution in [0.2, 0.25) is 0 Å². The van der Waals surface area contributed by atoms with E-state index in [0.717, 1.165) is 50.1 Å². The quantitative estimate of drug-likeness (QED) is 0.153. The third-order valence-corrected chi connectivity index (χ3v) is 11.7. The predicted molar refractivity (Wildman–Crippen MR) is 253 cm³/mol. The molecule has 1 aromatic heterocycles. The lowest BCUT2D eigenvalue weighted by Gasteiger charge is -2.28. The van der Waals surface area contributed by atoms with Crippen LogP contribution in [0.1, 0.15) is 0 Å². The molecular formula is C58H39NO. The van der Waals surface area contributed by atoms with E-state index in [1.165, 1.54) is 55.3 Å². The van der Waals surface area contributed by atoms with Crippen LogP contribution in [0.15, 0.2) is 241 Å². The molecule has 2 heteroatoms. The minimum Gasteiger partial charge on any atom is -0.456 e. The van der Waals surface area contributed by atoms with Crippen LogP contribution < -0.4 is 4.90 Å². The first-order valence-corrected chi connectivity index (χ1v) is 20.5. The minimum atomic E-state index is 0.901. The summed E-state index contributed by atoms with van der Waals surface area (Å²) in [7, 11) is 0. The largest absolute Gasteiger partial charge is 0.456 e. The van der Waals surface area contributed by atoms with Gasteiger partial charge in [-0.25, -0.2) is 0 Å². The van der Waals surface area contributed by atoms with Gasteiger partial charge in [0.25, 0.3) is 0 Å². The number of anilines is 3. The fraction of sp³-hybridized carbons (Fsp3) is 0. The van der Waals surface area contributed by atoms with E-state index in [2.05, 4.69) is 235 Å². The highest BCUT2D eigenvalue weighted by Crippen LogP contribution is 2.44. The molecule has 1 heterocycles. The Morgan fingerprint density at radius 3 is 1.33 bits per heavy atom. The smallest absolute Gasteiger partial charge is 0.136 e. The number of para-hydroxylation sites is 2. The van der Waals surface area contributed by atoms with E-state index in [9.17, 15) is 0 Å². The molecule has 0 fully saturated rings. The fourth-order valence-electron chi connectivity index (χ4n) is 8.72. The average molecular weight is 766 g/mol. The zero-order chi connectivity index (χ0) is 39.8. The van der Waals surface area contributed by atoms with Crippen LogP contribution in [0.3, 0.4) is 0 Å². The molecule has 0 radical (unpaired) electrons. The summed E-state index contributed by atoms with van der Waals surface area (Å²) in [4.78, 5) is 2.38. The second-order valence-corrected chi connectivity index (χ2v) is 15.3. The number of nitrogens with zero attached hydrogens (tertiary/aromatic N) is 1. The lowest BCUT2D eigenvalue weighted by Crippen LogP contribution is -2.11. The highest BCUT2D eigenvalue weighted by molar-refractivity contribution is 6.22. The minimum absolute atomic E-state index is 0.901. The van der Waals surface area contributed by atoms with Gasteiger partial charge in [0.2, 0.25) is 0 Å². The van der Waals surface area contributed by atoms with Crippen molar-refractivity contribution in [1.29, 1.82) is 0 Å². The van der Waals surface area contributed by atoms with Gasteiger partial charge in [-0.1, -0.05) is 188 Å². The molecule has 0 N–H and O–H groups in total. The SMILES string of the molecule is c1ccc(-c2ccc(-c3ccc(N(c4ccc(-c5ccc6c(-c7ccccc7)cc7oc8ccccc8c7c6c5)cc4)c4ccccc4-c4ccccc4)cc3)cc2)cc1. The molecule has 0 aliphatic heterocycles. The number of rotatable bonds is 8. The summed E-state index contributed by atoms with van der Waals surface area (Å²) in [5, 5.41) is 4.68. The molecule has 0 spiro atoms. The maximum atomic E-state index is 6.48. The van der Waals surface area contributed by atoms with Gasteiger partial charge < -0.3 is 9.32 Å². The summed E-state index contributed by atoms with van der Waals surface area (Å²) in [6, 6.07) is 84.7. The zero-order valence-corrected chi connectivity index (χ0v) is 32.9. The van der Waals surface area contributed by atoms with Crippen LogP contribution in [0.25, 0.3) is 88.3 Å². The summed E-state index contributed by atoms with van der Waals surface area (Å²) in [6.07, 6.45) is 0. The normalized spacial score (nSPS) is 11.3. The van der Waals surface area contributed by atoms with E-state index in [1.807, 2.05) is 6.07 Å². The predicted octanol–water partition coefficient (Wildman–Crippen LogP) is 16.5. The zero-order valence-electron chi connectivity index (χ0n) is 32.9. The van der Waals surface area contributed by atoms with Crippen LogP contribution in [0.4, 0.5) is 17.1 Å². The van der Waals surface area contributed by atoms with Crippen molar-refractivity contribution in [1.82, 2.24) is 0 Å². The van der Waals surface area contributed by atoms with Crippen molar-refractivity contribution in [3.05, 3.63) is 237 Å². The summed E-state index contributed by atoms with van der Waals surface area (Å²) in [5.74, 6) is 0. The van der Waals surface area contributed by atoms with Gasteiger partial charge in [0.1, 0.15) is 11.2 Å². The molecule has 0 unspecified atom stereocenters. The molecule has 60 heavy (non-hydrogen) atoms. The van der Waals surface area contributed by atoms with Crippen LogP contribution in [-0.4, -0.2) is 0 Å². The fourth-order valence-corrected chi connectivity index (χ4v) is 8.72. The topological polar surface area (TPSA) is 16.4 Å². The Kier molecular flexibility index (Phi) is 8.87. The van der Waals surface area contributed by atoms with Gasteiger partial charge in [-0.05, 0) is 109 Å². The van der Waals surface area contributed by atoms with E-state index in [4.69, 9.17) is 4.42 Å². The van der Waals surface area contributed by atoms with Crippen molar-refractivity contribution in [2.45, 2.75) is 0 Å². The number of hydrogen-bond donors (Lipinski definition) is 0. The van der Waals surface area contributed by atoms with Crippen molar-refractivity contribution in [3.8, 4) is 55.6 Å². The molecule has 0 atom stereocenters. The maximum absolute atomic E-state index is 6.48. The molecule has 11 rings (SSSR count). The van der Waals surface area contributed by atoms with Crippen molar-refractivity contribution < 1.29 is 4.42 Å². The van der Waals surface area contributed by atoms with Crippen molar-refractivity contribution in [2.75, 3.05) is 4.90 Å².